The molecule has 1 aromatic carbocycles. The van der Waals surface area contributed by atoms with Gasteiger partial charge in [-0.25, -0.2) is 0 Å². The second-order valence-corrected chi connectivity index (χ2v) is 6.39. The molecule has 0 bridgehead atoms. The van der Waals surface area contributed by atoms with Crippen LogP contribution in [0.4, 0.5) is 0 Å². The van der Waals surface area contributed by atoms with Gasteiger partial charge in [0.15, 0.2) is 0 Å². The highest BCUT2D eigenvalue weighted by Crippen LogP contribution is 2.24. The van der Waals surface area contributed by atoms with Crippen molar-refractivity contribution in [2.24, 2.45) is 0 Å². The maximum absolute atomic E-state index is 12.4. The van der Waals surface area contributed by atoms with Crippen molar-refractivity contribution in [3.63, 3.8) is 0 Å². The van der Waals surface area contributed by atoms with Gasteiger partial charge in [-0.3, -0.25) is 4.79 Å². The summed E-state index contributed by atoms with van der Waals surface area (Å²) in [6, 6.07) is 5.79. The third-order valence-electron chi connectivity index (χ3n) is 4.11. The van der Waals surface area contributed by atoms with Crippen molar-refractivity contribution in [1.82, 2.24) is 4.90 Å². The molecule has 0 unspecified atom stereocenters. The molecule has 0 N–H and O–H groups in total. The lowest BCUT2D eigenvalue weighted by atomic mass is 10.1. The van der Waals surface area contributed by atoms with Crippen LogP contribution in [-0.4, -0.2) is 23.9 Å². The molecule has 4 heteroatoms. The van der Waals surface area contributed by atoms with Gasteiger partial charge in [0.25, 0.3) is 0 Å². The van der Waals surface area contributed by atoms with Crippen molar-refractivity contribution < 1.29 is 4.79 Å². The van der Waals surface area contributed by atoms with Gasteiger partial charge < -0.3 is 4.90 Å². The van der Waals surface area contributed by atoms with Crippen LogP contribution in [0.15, 0.2) is 18.2 Å². The molecule has 0 saturated heterocycles. The van der Waals surface area contributed by atoms with Gasteiger partial charge >= 0.3 is 0 Å². The zero-order valence-electron chi connectivity index (χ0n) is 11.9. The van der Waals surface area contributed by atoms with Gasteiger partial charge in [0.2, 0.25) is 5.91 Å². The first kappa shape index (κ1) is 15.7. The lowest BCUT2D eigenvalue weighted by Crippen LogP contribution is -2.37. The van der Waals surface area contributed by atoms with Gasteiger partial charge in [0, 0.05) is 13.1 Å². The first-order valence-corrected chi connectivity index (χ1v) is 8.03. The first-order chi connectivity index (χ1) is 9.58. The van der Waals surface area contributed by atoms with Gasteiger partial charge in [-0.05, 0) is 30.5 Å². The summed E-state index contributed by atoms with van der Waals surface area (Å²) in [4.78, 5) is 14.3. The van der Waals surface area contributed by atoms with Crippen LogP contribution in [0.25, 0.3) is 0 Å². The summed E-state index contributed by atoms with van der Waals surface area (Å²) in [5.41, 5.74) is 0.921. The first-order valence-electron chi connectivity index (χ1n) is 7.27. The molecule has 1 saturated carbocycles. The van der Waals surface area contributed by atoms with Crippen LogP contribution >= 0.6 is 23.2 Å². The molecule has 0 spiro atoms. The highest BCUT2D eigenvalue weighted by Gasteiger charge is 2.21. The molecule has 0 aromatic heterocycles. The minimum atomic E-state index is 0.162. The molecular weight excluding hydrogens is 293 g/mol. The number of amides is 1. The second kappa shape index (κ2) is 7.33. The molecule has 1 aromatic rings. The van der Waals surface area contributed by atoms with Crippen LogP contribution in [0.5, 0.6) is 0 Å². The zero-order chi connectivity index (χ0) is 14.5. The van der Waals surface area contributed by atoms with Crippen LogP contribution in [0.3, 0.4) is 0 Å². The lowest BCUT2D eigenvalue weighted by molar-refractivity contribution is -0.131. The fourth-order valence-electron chi connectivity index (χ4n) is 2.80. The van der Waals surface area contributed by atoms with Crippen LogP contribution in [0.1, 0.15) is 44.1 Å². The Hall–Kier alpha value is -0.730. The van der Waals surface area contributed by atoms with Gasteiger partial charge in [0.05, 0.1) is 16.5 Å². The van der Waals surface area contributed by atoms with Gasteiger partial charge in [-0.2, -0.15) is 0 Å². The maximum Gasteiger partial charge on any atom is 0.226 e. The monoisotopic (exact) mass is 313 g/mol. The van der Waals surface area contributed by atoms with Crippen LogP contribution in [0.2, 0.25) is 10.0 Å². The van der Waals surface area contributed by atoms with Crippen molar-refractivity contribution in [2.75, 3.05) is 7.05 Å². The molecule has 110 valence electrons. The Morgan fingerprint density at radius 3 is 2.40 bits per heavy atom. The van der Waals surface area contributed by atoms with Gasteiger partial charge in [-0.1, -0.05) is 55.0 Å². The third kappa shape index (κ3) is 4.13. The number of rotatable bonds is 3. The zero-order valence-corrected chi connectivity index (χ0v) is 13.4. The molecule has 0 atom stereocenters. The fraction of sp³-hybridized carbons (Fsp3) is 0.562. The Kier molecular flexibility index (Phi) is 5.74. The number of hydrogen-bond donors (Lipinski definition) is 0. The molecular formula is C16H21Cl2NO. The van der Waals surface area contributed by atoms with E-state index in [-0.39, 0.29) is 5.91 Å². The SMILES string of the molecule is CN(C(=O)Cc1ccc(Cl)c(Cl)c1)C1CCCCCC1. The summed E-state index contributed by atoms with van der Waals surface area (Å²) in [6.07, 6.45) is 7.71. The van der Waals surface area contributed by atoms with E-state index in [4.69, 9.17) is 23.2 Å². The Morgan fingerprint density at radius 1 is 1.15 bits per heavy atom. The average molecular weight is 314 g/mol. The third-order valence-corrected chi connectivity index (χ3v) is 4.84. The van der Waals surface area contributed by atoms with Crippen LogP contribution < -0.4 is 0 Å². The summed E-state index contributed by atoms with van der Waals surface area (Å²) >= 11 is 11.9. The Bertz CT molecular complexity index is 468. The maximum atomic E-state index is 12.4. The predicted molar refractivity (Wildman–Crippen MR) is 84.4 cm³/mol. The van der Waals surface area contributed by atoms with E-state index in [1.807, 2.05) is 18.0 Å². The molecule has 20 heavy (non-hydrogen) atoms. The molecule has 1 aliphatic rings. The summed E-state index contributed by atoms with van der Waals surface area (Å²) in [5, 5.41) is 1.04. The van der Waals surface area contributed by atoms with E-state index in [2.05, 4.69) is 0 Å². The van der Waals surface area contributed by atoms with E-state index >= 15 is 0 Å². The average Bonchev–Trinajstić information content (AvgIpc) is 2.71. The van der Waals surface area contributed by atoms with Crippen LogP contribution in [-0.2, 0) is 11.2 Å². The number of hydrogen-bond acceptors (Lipinski definition) is 1. The predicted octanol–water partition coefficient (Wildman–Crippen LogP) is 4.72. The van der Waals surface area contributed by atoms with Crippen molar-refractivity contribution >= 4 is 29.1 Å². The van der Waals surface area contributed by atoms with E-state index in [1.54, 1.807) is 12.1 Å². The fourth-order valence-corrected chi connectivity index (χ4v) is 3.12. The second-order valence-electron chi connectivity index (χ2n) is 5.58. The molecule has 2 rings (SSSR count). The molecule has 0 radical (unpaired) electrons. The summed E-state index contributed by atoms with van der Waals surface area (Å²) in [5.74, 6) is 0.162. The normalized spacial score (nSPS) is 16.8. The molecule has 1 fully saturated rings. The number of benzene rings is 1. The van der Waals surface area contributed by atoms with Crippen molar-refractivity contribution in [3.8, 4) is 0 Å². The molecule has 2 nitrogen and oxygen atoms in total. The Morgan fingerprint density at radius 2 is 1.80 bits per heavy atom. The molecule has 1 aliphatic carbocycles. The Labute approximate surface area is 131 Å². The van der Waals surface area contributed by atoms with Crippen molar-refractivity contribution in [3.05, 3.63) is 33.8 Å². The largest absolute Gasteiger partial charge is 0.342 e. The van der Waals surface area contributed by atoms with Crippen molar-refractivity contribution in [2.45, 2.75) is 51.0 Å². The van der Waals surface area contributed by atoms with Crippen molar-refractivity contribution in [1.29, 1.82) is 0 Å². The van der Waals surface area contributed by atoms with E-state index in [1.165, 1.54) is 25.7 Å². The van der Waals surface area contributed by atoms with Crippen LogP contribution in [0, 0.1) is 0 Å². The summed E-state index contributed by atoms with van der Waals surface area (Å²) in [6.45, 7) is 0. The molecule has 0 aliphatic heterocycles. The number of likely N-dealkylation sites (N-methyl/N-ethyl adjacent to an activating group) is 1. The Balaban J connectivity index is 1.97. The quantitative estimate of drug-likeness (QED) is 0.739. The summed E-state index contributed by atoms with van der Waals surface area (Å²) < 4.78 is 0. The lowest BCUT2D eigenvalue weighted by Gasteiger charge is -2.27. The van der Waals surface area contributed by atoms with E-state index in [9.17, 15) is 4.79 Å². The minimum Gasteiger partial charge on any atom is -0.342 e. The molecule has 0 heterocycles. The van der Waals surface area contributed by atoms with Gasteiger partial charge in [0.1, 0.15) is 0 Å². The highest BCUT2D eigenvalue weighted by molar-refractivity contribution is 6.42. The standard InChI is InChI=1S/C16H21Cl2NO/c1-19(13-6-4-2-3-5-7-13)16(20)11-12-8-9-14(17)15(18)10-12/h8-10,13H,2-7,11H2,1H3. The smallest absolute Gasteiger partial charge is 0.226 e. The minimum absolute atomic E-state index is 0.162. The van der Waals surface area contributed by atoms with Gasteiger partial charge in [-0.15, -0.1) is 0 Å². The highest BCUT2D eigenvalue weighted by atomic mass is 35.5. The number of carbonyl (C=O) groups is 1. The van der Waals surface area contributed by atoms with E-state index in [0.717, 1.165) is 18.4 Å². The topological polar surface area (TPSA) is 20.3 Å². The van der Waals surface area contributed by atoms with E-state index in [0.29, 0.717) is 22.5 Å². The summed E-state index contributed by atoms with van der Waals surface area (Å²) in [7, 11) is 1.93. The number of carbonyl (C=O) groups excluding carboxylic acids is 1. The molecule has 1 amide bonds. The number of nitrogens with zero attached hydrogens (tertiary/aromatic N) is 1. The van der Waals surface area contributed by atoms with E-state index < -0.39 is 0 Å². The number of halogens is 2.